The van der Waals surface area contributed by atoms with Crippen LogP contribution in [0.3, 0.4) is 0 Å². The third-order valence-electron chi connectivity index (χ3n) is 3.09. The van der Waals surface area contributed by atoms with E-state index in [-0.39, 0.29) is 6.04 Å². The van der Waals surface area contributed by atoms with Crippen LogP contribution in [-0.2, 0) is 6.54 Å². The number of hydrogen-bond acceptors (Lipinski definition) is 3. The molecule has 18 heavy (non-hydrogen) atoms. The van der Waals surface area contributed by atoms with Gasteiger partial charge in [-0.3, -0.25) is 0 Å². The average Bonchev–Trinajstić information content (AvgIpc) is 3.04. The van der Waals surface area contributed by atoms with Crippen molar-refractivity contribution in [2.45, 2.75) is 19.5 Å². The summed E-state index contributed by atoms with van der Waals surface area (Å²) in [5.74, 6) is 0.748. The summed E-state index contributed by atoms with van der Waals surface area (Å²) in [5.41, 5.74) is 7.87. The highest BCUT2D eigenvalue weighted by Gasteiger charge is 2.16. The number of imidazole rings is 1. The number of hydrogen-bond donors (Lipinski definition) is 1. The maximum absolute atomic E-state index is 6.18. The number of benzene rings is 1. The second-order valence-corrected chi connectivity index (χ2v) is 4.29. The fraction of sp³-hybridized carbons (Fsp3) is 0.214. The molecule has 0 spiro atoms. The third-order valence-corrected chi connectivity index (χ3v) is 3.09. The van der Waals surface area contributed by atoms with Gasteiger partial charge in [-0.25, -0.2) is 4.98 Å². The van der Waals surface area contributed by atoms with Gasteiger partial charge in [-0.15, -0.1) is 0 Å². The van der Waals surface area contributed by atoms with E-state index in [9.17, 15) is 0 Å². The lowest BCUT2D eigenvalue weighted by Gasteiger charge is -2.04. The number of furan rings is 1. The second kappa shape index (κ2) is 4.31. The molecule has 0 amide bonds. The Morgan fingerprint density at radius 2 is 2.22 bits per heavy atom. The zero-order valence-corrected chi connectivity index (χ0v) is 10.2. The Labute approximate surface area is 105 Å². The molecule has 2 N–H and O–H groups in total. The number of fused-ring (bicyclic) bond motifs is 1. The van der Waals surface area contributed by atoms with Crippen LogP contribution in [0.2, 0.25) is 0 Å². The summed E-state index contributed by atoms with van der Waals surface area (Å²) in [4.78, 5) is 4.31. The molecule has 3 rings (SSSR count). The Bertz CT molecular complexity index is 635. The van der Waals surface area contributed by atoms with E-state index in [0.29, 0.717) is 0 Å². The van der Waals surface area contributed by atoms with Gasteiger partial charge in [0.15, 0.2) is 0 Å². The summed E-state index contributed by atoms with van der Waals surface area (Å²) in [6, 6.07) is 9.55. The molecule has 4 heteroatoms. The van der Waals surface area contributed by atoms with Crippen molar-refractivity contribution < 1.29 is 4.42 Å². The van der Waals surface area contributed by atoms with Crippen LogP contribution in [0.4, 0.5) is 0 Å². The van der Waals surface area contributed by atoms with Crippen molar-refractivity contribution in [2.75, 3.05) is 0 Å². The highest BCUT2D eigenvalue weighted by Crippen LogP contribution is 2.25. The van der Waals surface area contributed by atoms with Crippen LogP contribution in [-0.4, -0.2) is 9.55 Å². The predicted molar refractivity (Wildman–Crippen MR) is 70.1 cm³/mol. The van der Waals surface area contributed by atoms with E-state index in [1.54, 1.807) is 6.33 Å². The third kappa shape index (κ3) is 1.80. The highest BCUT2D eigenvalue weighted by molar-refractivity contribution is 5.77. The first-order valence-corrected chi connectivity index (χ1v) is 6.03. The Morgan fingerprint density at radius 3 is 2.94 bits per heavy atom. The Morgan fingerprint density at radius 1 is 1.39 bits per heavy atom. The lowest BCUT2D eigenvalue weighted by atomic mass is 10.1. The van der Waals surface area contributed by atoms with Crippen LogP contribution < -0.4 is 5.73 Å². The number of nitrogens with zero attached hydrogens (tertiary/aromatic N) is 2. The Kier molecular flexibility index (Phi) is 2.64. The van der Waals surface area contributed by atoms with E-state index in [2.05, 4.69) is 11.9 Å². The zero-order valence-electron chi connectivity index (χ0n) is 10.2. The molecule has 3 aromatic rings. The summed E-state index contributed by atoms with van der Waals surface area (Å²) in [7, 11) is 0. The van der Waals surface area contributed by atoms with Gasteiger partial charge in [0.25, 0.3) is 0 Å². The van der Waals surface area contributed by atoms with Crippen molar-refractivity contribution >= 4 is 11.0 Å². The molecule has 0 aliphatic carbocycles. The van der Waals surface area contributed by atoms with E-state index in [0.717, 1.165) is 29.0 Å². The summed E-state index contributed by atoms with van der Waals surface area (Å²) in [6.07, 6.45) is 3.75. The molecule has 0 saturated carbocycles. The minimum absolute atomic E-state index is 0.315. The van der Waals surface area contributed by atoms with E-state index in [1.807, 2.05) is 41.1 Å². The molecular weight excluding hydrogens is 226 g/mol. The molecule has 0 aliphatic rings. The first kappa shape index (κ1) is 11.0. The maximum atomic E-state index is 6.18. The lowest BCUT2D eigenvalue weighted by Crippen LogP contribution is -2.11. The second-order valence-electron chi connectivity index (χ2n) is 4.29. The molecule has 1 unspecified atom stereocenters. The van der Waals surface area contributed by atoms with Gasteiger partial charge in [0.05, 0.1) is 12.0 Å². The van der Waals surface area contributed by atoms with Gasteiger partial charge in [0.1, 0.15) is 17.4 Å². The van der Waals surface area contributed by atoms with E-state index >= 15 is 0 Å². The summed E-state index contributed by atoms with van der Waals surface area (Å²) < 4.78 is 7.75. The quantitative estimate of drug-likeness (QED) is 0.767. The van der Waals surface area contributed by atoms with E-state index < -0.39 is 0 Å². The van der Waals surface area contributed by atoms with Crippen molar-refractivity contribution in [1.29, 1.82) is 0 Å². The van der Waals surface area contributed by atoms with Gasteiger partial charge >= 0.3 is 0 Å². The van der Waals surface area contributed by atoms with Gasteiger partial charge < -0.3 is 14.7 Å². The standard InChI is InChI=1S/C14H15N3O/c1-2-17-8-11(16-9-17)14(15)13-7-10-5-3-4-6-12(10)18-13/h3-9,14H,2,15H2,1H3. The normalized spacial score (nSPS) is 13.0. The van der Waals surface area contributed by atoms with Gasteiger partial charge in [0, 0.05) is 18.1 Å². The van der Waals surface area contributed by atoms with Crippen LogP contribution in [0.1, 0.15) is 24.4 Å². The van der Waals surface area contributed by atoms with Gasteiger partial charge in [-0.05, 0) is 19.1 Å². The first-order chi connectivity index (χ1) is 8.78. The lowest BCUT2D eigenvalue weighted by molar-refractivity contribution is 0.521. The summed E-state index contributed by atoms with van der Waals surface area (Å²) in [5, 5.41) is 1.07. The van der Waals surface area contributed by atoms with Crippen molar-refractivity contribution in [2.24, 2.45) is 5.73 Å². The SMILES string of the molecule is CCn1cnc(C(N)c2cc3ccccc3o2)c1. The van der Waals surface area contributed by atoms with Gasteiger partial charge in [-0.1, -0.05) is 18.2 Å². The fourth-order valence-corrected chi connectivity index (χ4v) is 2.01. The van der Waals surface area contributed by atoms with Crippen LogP contribution in [0.25, 0.3) is 11.0 Å². The fourth-order valence-electron chi connectivity index (χ4n) is 2.01. The average molecular weight is 241 g/mol. The van der Waals surface area contributed by atoms with Gasteiger partial charge in [-0.2, -0.15) is 0 Å². The molecule has 1 aromatic carbocycles. The van der Waals surface area contributed by atoms with Crippen LogP contribution in [0.5, 0.6) is 0 Å². The molecule has 4 nitrogen and oxygen atoms in total. The van der Waals surface area contributed by atoms with E-state index in [1.165, 1.54) is 0 Å². The van der Waals surface area contributed by atoms with Crippen molar-refractivity contribution in [3.8, 4) is 0 Å². The van der Waals surface area contributed by atoms with Crippen molar-refractivity contribution in [3.05, 3.63) is 54.3 Å². The zero-order chi connectivity index (χ0) is 12.5. The molecule has 0 bridgehead atoms. The number of para-hydroxylation sites is 1. The van der Waals surface area contributed by atoms with Crippen molar-refractivity contribution in [3.63, 3.8) is 0 Å². The minimum Gasteiger partial charge on any atom is -0.459 e. The molecule has 0 aliphatic heterocycles. The topological polar surface area (TPSA) is 57.0 Å². The smallest absolute Gasteiger partial charge is 0.134 e. The molecule has 92 valence electrons. The van der Waals surface area contributed by atoms with Gasteiger partial charge in [0.2, 0.25) is 0 Å². The Hall–Kier alpha value is -2.07. The highest BCUT2D eigenvalue weighted by atomic mass is 16.3. The molecule has 0 fully saturated rings. The first-order valence-electron chi connectivity index (χ1n) is 6.03. The largest absolute Gasteiger partial charge is 0.459 e. The summed E-state index contributed by atoms with van der Waals surface area (Å²) >= 11 is 0. The Balaban J connectivity index is 1.98. The molecule has 2 heterocycles. The van der Waals surface area contributed by atoms with Crippen LogP contribution >= 0.6 is 0 Å². The summed E-state index contributed by atoms with van der Waals surface area (Å²) in [6.45, 7) is 2.96. The number of aryl methyl sites for hydroxylation is 1. The molecule has 0 radical (unpaired) electrons. The van der Waals surface area contributed by atoms with Crippen LogP contribution in [0, 0.1) is 0 Å². The molecular formula is C14H15N3O. The predicted octanol–water partition coefficient (Wildman–Crippen LogP) is 2.70. The number of aromatic nitrogens is 2. The van der Waals surface area contributed by atoms with E-state index in [4.69, 9.17) is 10.2 Å². The van der Waals surface area contributed by atoms with Crippen LogP contribution in [0.15, 0.2) is 47.3 Å². The number of nitrogens with two attached hydrogens (primary N) is 1. The molecule has 1 atom stereocenters. The maximum Gasteiger partial charge on any atom is 0.134 e. The monoisotopic (exact) mass is 241 g/mol. The number of rotatable bonds is 3. The van der Waals surface area contributed by atoms with Crippen molar-refractivity contribution in [1.82, 2.24) is 9.55 Å². The molecule has 2 aromatic heterocycles. The minimum atomic E-state index is -0.315. The molecule has 0 saturated heterocycles.